The Morgan fingerprint density at radius 1 is 1.06 bits per heavy atom. The Balaban J connectivity index is 0.00000385. The molecule has 2 aromatic carbocycles. The van der Waals surface area contributed by atoms with E-state index in [-0.39, 0.29) is 29.9 Å². The second-order valence-corrected chi connectivity index (χ2v) is 7.99. The summed E-state index contributed by atoms with van der Waals surface area (Å²) in [5.41, 5.74) is 4.32. The molecule has 1 amide bonds. The number of anilines is 1. The van der Waals surface area contributed by atoms with E-state index >= 15 is 0 Å². The van der Waals surface area contributed by atoms with Crippen molar-refractivity contribution < 1.29 is 9.53 Å². The number of ether oxygens (including phenoxy) is 1. The summed E-state index contributed by atoms with van der Waals surface area (Å²) in [4.78, 5) is 19.3. The van der Waals surface area contributed by atoms with Crippen LogP contribution in [0.4, 0.5) is 5.69 Å². The van der Waals surface area contributed by atoms with Gasteiger partial charge in [-0.3, -0.25) is 9.69 Å². The van der Waals surface area contributed by atoms with E-state index in [9.17, 15) is 4.79 Å². The molecule has 1 aliphatic heterocycles. The molecule has 1 saturated heterocycles. The van der Waals surface area contributed by atoms with Crippen LogP contribution in [0.2, 0.25) is 0 Å². The van der Waals surface area contributed by atoms with Crippen LogP contribution in [0.25, 0.3) is 0 Å². The summed E-state index contributed by atoms with van der Waals surface area (Å²) < 4.78 is 5.35. The van der Waals surface area contributed by atoms with Crippen LogP contribution in [-0.4, -0.2) is 56.2 Å². The predicted molar refractivity (Wildman–Crippen MR) is 145 cm³/mol. The van der Waals surface area contributed by atoms with Crippen LogP contribution in [0.5, 0.6) is 0 Å². The summed E-state index contributed by atoms with van der Waals surface area (Å²) in [5, 5.41) is 9.68. The van der Waals surface area contributed by atoms with E-state index in [4.69, 9.17) is 9.73 Å². The van der Waals surface area contributed by atoms with Gasteiger partial charge in [0.25, 0.3) is 0 Å². The van der Waals surface area contributed by atoms with Gasteiger partial charge in [0.2, 0.25) is 5.91 Å². The second kappa shape index (κ2) is 14.9. The van der Waals surface area contributed by atoms with Crippen LogP contribution in [0, 0.1) is 6.92 Å². The predicted octanol–water partition coefficient (Wildman–Crippen LogP) is 3.53. The lowest BCUT2D eigenvalue weighted by Crippen LogP contribution is -2.38. The van der Waals surface area contributed by atoms with Gasteiger partial charge >= 0.3 is 0 Å². The zero-order valence-electron chi connectivity index (χ0n) is 19.6. The van der Waals surface area contributed by atoms with Gasteiger partial charge in [0.1, 0.15) is 0 Å². The van der Waals surface area contributed by atoms with Crippen molar-refractivity contribution in [3.63, 3.8) is 0 Å². The Bertz CT molecular complexity index is 900. The topological polar surface area (TPSA) is 78.0 Å². The highest BCUT2D eigenvalue weighted by Gasteiger charge is 2.12. The molecule has 3 rings (SSSR count). The second-order valence-electron chi connectivity index (χ2n) is 7.99. The molecule has 180 valence electrons. The molecule has 2 aromatic rings. The monoisotopic (exact) mass is 565 g/mol. The molecule has 0 aromatic heterocycles. The fourth-order valence-electron chi connectivity index (χ4n) is 3.58. The number of nitrogens with one attached hydrogen (secondary N) is 3. The lowest BCUT2D eigenvalue weighted by Gasteiger charge is -2.26. The number of halogens is 1. The minimum atomic E-state index is 0. The third-order valence-electron chi connectivity index (χ3n) is 5.28. The van der Waals surface area contributed by atoms with Gasteiger partial charge in [-0.2, -0.15) is 0 Å². The first-order chi connectivity index (χ1) is 15.6. The highest BCUT2D eigenvalue weighted by molar-refractivity contribution is 14.0. The fourth-order valence-corrected chi connectivity index (χ4v) is 3.58. The fraction of sp³-hybridized carbons (Fsp3) is 0.440. The molecule has 1 aliphatic rings. The zero-order valence-corrected chi connectivity index (χ0v) is 21.9. The lowest BCUT2D eigenvalue weighted by molar-refractivity contribution is -0.116. The maximum atomic E-state index is 12.3. The number of carbonyl (C=O) groups is 1. The molecule has 3 N–H and O–H groups in total. The average Bonchev–Trinajstić information content (AvgIpc) is 2.80. The number of hydrogen-bond acceptors (Lipinski definition) is 4. The number of rotatable bonds is 9. The number of aliphatic imine (C=N–C) groups is 1. The van der Waals surface area contributed by atoms with Gasteiger partial charge in [0.05, 0.1) is 19.8 Å². The molecule has 8 heteroatoms. The molecule has 0 unspecified atom stereocenters. The maximum Gasteiger partial charge on any atom is 0.225 e. The number of hydrogen-bond donors (Lipinski definition) is 3. The standard InChI is InChI=1S/C25H35N5O2.HI/c1-3-26-25(27-18-21-7-4-6-20(2)16-21)28-19-22-8-5-9-23(17-22)29-24(31)10-11-30-12-14-32-15-13-30;/h4-9,16-17H,3,10-15,18-19H2,1-2H3,(H,29,31)(H2,26,27,28);1H. The van der Waals surface area contributed by atoms with E-state index in [1.807, 2.05) is 24.3 Å². The van der Waals surface area contributed by atoms with Crippen LogP contribution >= 0.6 is 24.0 Å². The number of aryl methyl sites for hydroxylation is 1. The molecule has 1 fully saturated rings. The first kappa shape index (κ1) is 27.1. The van der Waals surface area contributed by atoms with Crippen molar-refractivity contribution in [2.75, 3.05) is 44.7 Å². The van der Waals surface area contributed by atoms with Crippen molar-refractivity contribution in [3.8, 4) is 0 Å². The van der Waals surface area contributed by atoms with Gasteiger partial charge in [0, 0.05) is 44.8 Å². The third kappa shape index (κ3) is 10.1. The van der Waals surface area contributed by atoms with E-state index in [0.717, 1.165) is 56.6 Å². The van der Waals surface area contributed by atoms with Crippen LogP contribution in [0.15, 0.2) is 53.5 Å². The van der Waals surface area contributed by atoms with Crippen molar-refractivity contribution >= 4 is 41.5 Å². The smallest absolute Gasteiger partial charge is 0.225 e. The van der Waals surface area contributed by atoms with E-state index < -0.39 is 0 Å². The third-order valence-corrected chi connectivity index (χ3v) is 5.28. The molecular weight excluding hydrogens is 529 g/mol. The van der Waals surface area contributed by atoms with Crippen molar-refractivity contribution in [2.45, 2.75) is 33.4 Å². The minimum Gasteiger partial charge on any atom is -0.379 e. The molecule has 0 bridgehead atoms. The lowest BCUT2D eigenvalue weighted by atomic mass is 10.1. The van der Waals surface area contributed by atoms with E-state index in [2.05, 4.69) is 59.0 Å². The van der Waals surface area contributed by atoms with E-state index in [1.165, 1.54) is 11.1 Å². The molecule has 0 saturated carbocycles. The molecule has 33 heavy (non-hydrogen) atoms. The Morgan fingerprint density at radius 3 is 2.58 bits per heavy atom. The van der Waals surface area contributed by atoms with E-state index in [0.29, 0.717) is 19.5 Å². The highest BCUT2D eigenvalue weighted by Crippen LogP contribution is 2.11. The molecular formula is C25H36IN5O2. The van der Waals surface area contributed by atoms with Gasteiger partial charge in [0.15, 0.2) is 5.96 Å². The summed E-state index contributed by atoms with van der Waals surface area (Å²) in [7, 11) is 0. The van der Waals surface area contributed by atoms with Crippen LogP contribution in [0.1, 0.15) is 30.0 Å². The summed E-state index contributed by atoms with van der Waals surface area (Å²) in [6.07, 6.45) is 0.485. The van der Waals surface area contributed by atoms with Gasteiger partial charge < -0.3 is 20.7 Å². The van der Waals surface area contributed by atoms with Crippen LogP contribution < -0.4 is 16.0 Å². The molecule has 1 heterocycles. The van der Waals surface area contributed by atoms with Gasteiger partial charge in [-0.05, 0) is 37.1 Å². The summed E-state index contributed by atoms with van der Waals surface area (Å²) in [5.74, 6) is 0.809. The number of benzene rings is 2. The summed E-state index contributed by atoms with van der Waals surface area (Å²) >= 11 is 0. The maximum absolute atomic E-state index is 12.3. The number of morpholine rings is 1. The SMILES string of the molecule is CCNC(=NCc1cccc(C)c1)NCc1cccc(NC(=O)CCN2CCOCC2)c1.I. The minimum absolute atomic E-state index is 0. The van der Waals surface area contributed by atoms with Gasteiger partial charge in [-0.25, -0.2) is 4.99 Å². The van der Waals surface area contributed by atoms with Crippen molar-refractivity contribution in [1.29, 1.82) is 0 Å². The van der Waals surface area contributed by atoms with Crippen molar-refractivity contribution in [2.24, 2.45) is 4.99 Å². The first-order valence-electron chi connectivity index (χ1n) is 11.4. The Morgan fingerprint density at radius 2 is 1.82 bits per heavy atom. The highest BCUT2D eigenvalue weighted by atomic mass is 127. The quantitative estimate of drug-likeness (QED) is 0.247. The number of amides is 1. The number of guanidine groups is 1. The average molecular weight is 566 g/mol. The molecule has 0 aliphatic carbocycles. The molecule has 0 radical (unpaired) electrons. The molecule has 0 atom stereocenters. The van der Waals surface area contributed by atoms with Crippen molar-refractivity contribution in [3.05, 3.63) is 65.2 Å². The largest absolute Gasteiger partial charge is 0.379 e. The van der Waals surface area contributed by atoms with E-state index in [1.54, 1.807) is 0 Å². The molecule has 0 spiro atoms. The van der Waals surface area contributed by atoms with Gasteiger partial charge in [-0.1, -0.05) is 42.0 Å². The normalized spacial score (nSPS) is 14.3. The summed E-state index contributed by atoms with van der Waals surface area (Å²) in [6.45, 7) is 10.2. The van der Waals surface area contributed by atoms with Crippen LogP contribution in [-0.2, 0) is 22.6 Å². The van der Waals surface area contributed by atoms with Crippen LogP contribution in [0.3, 0.4) is 0 Å². The Kier molecular flexibility index (Phi) is 12.2. The zero-order chi connectivity index (χ0) is 22.6. The van der Waals surface area contributed by atoms with Crippen molar-refractivity contribution in [1.82, 2.24) is 15.5 Å². The summed E-state index contributed by atoms with van der Waals surface area (Å²) in [6, 6.07) is 16.3. The molecule has 7 nitrogen and oxygen atoms in total. The van der Waals surface area contributed by atoms with Gasteiger partial charge in [-0.15, -0.1) is 24.0 Å². The number of carbonyl (C=O) groups excluding carboxylic acids is 1. The Labute approximate surface area is 214 Å². The number of nitrogens with zero attached hydrogens (tertiary/aromatic N) is 2. The first-order valence-corrected chi connectivity index (χ1v) is 11.4. The Hall–Kier alpha value is -2.17.